The van der Waals surface area contributed by atoms with Gasteiger partial charge in [0.2, 0.25) is 0 Å². The van der Waals surface area contributed by atoms with Gasteiger partial charge in [0, 0.05) is 18.8 Å². The van der Waals surface area contributed by atoms with Crippen molar-refractivity contribution >= 4 is 11.2 Å². The first-order chi connectivity index (χ1) is 8.34. The van der Waals surface area contributed by atoms with E-state index >= 15 is 0 Å². The van der Waals surface area contributed by atoms with E-state index < -0.39 is 0 Å². The van der Waals surface area contributed by atoms with Crippen molar-refractivity contribution < 1.29 is 0 Å². The lowest BCUT2D eigenvalue weighted by Gasteiger charge is -2.13. The van der Waals surface area contributed by atoms with Crippen LogP contribution in [0.2, 0.25) is 0 Å². The number of hydrogen-bond donors (Lipinski definition) is 1. The average Bonchev–Trinajstić information content (AvgIpc) is 2.40. The van der Waals surface area contributed by atoms with E-state index in [0.717, 1.165) is 30.8 Å². The van der Waals surface area contributed by atoms with Crippen LogP contribution in [0.3, 0.4) is 0 Å². The van der Waals surface area contributed by atoms with Crippen LogP contribution in [0.1, 0.15) is 12.1 Å². The van der Waals surface area contributed by atoms with Gasteiger partial charge >= 0.3 is 0 Å². The van der Waals surface area contributed by atoms with Crippen molar-refractivity contribution in [2.75, 3.05) is 13.1 Å². The van der Waals surface area contributed by atoms with Crippen LogP contribution in [0, 0.1) is 0 Å². The first-order valence-electron chi connectivity index (χ1n) is 5.73. The molecule has 0 spiro atoms. The molecule has 2 aromatic rings. The van der Waals surface area contributed by atoms with Gasteiger partial charge in [0.15, 0.2) is 0 Å². The summed E-state index contributed by atoms with van der Waals surface area (Å²) in [6, 6.07) is 7.19. The predicted molar refractivity (Wildman–Crippen MR) is 66.9 cm³/mol. The molecular formula is C13H13N3O. The van der Waals surface area contributed by atoms with Crippen molar-refractivity contribution in [1.29, 1.82) is 0 Å². The highest BCUT2D eigenvalue weighted by molar-refractivity contribution is 5.65. The van der Waals surface area contributed by atoms with Crippen LogP contribution in [-0.2, 0) is 0 Å². The number of aromatic nitrogens is 2. The molecule has 1 aliphatic heterocycles. The highest BCUT2D eigenvalue weighted by Gasteiger charge is 2.09. The topological polar surface area (TPSA) is 46.4 Å². The predicted octanol–water partition coefficient (Wildman–Crippen LogP) is 1.07. The molecule has 0 aromatic carbocycles. The normalized spacial score (nSPS) is 15.9. The molecule has 2 aromatic heterocycles. The lowest BCUT2D eigenvalue weighted by molar-refractivity contribution is 0.736. The largest absolute Gasteiger partial charge is 0.313 e. The molecule has 0 fully saturated rings. The quantitative estimate of drug-likeness (QED) is 0.792. The molecule has 4 nitrogen and oxygen atoms in total. The van der Waals surface area contributed by atoms with E-state index in [1.54, 1.807) is 16.7 Å². The molecule has 1 aliphatic rings. The SMILES string of the molecule is O=c1cc(C2=CCNCC2)nc2ccccn12. The molecule has 0 atom stereocenters. The second-order valence-corrected chi connectivity index (χ2v) is 4.09. The average molecular weight is 227 g/mol. The highest BCUT2D eigenvalue weighted by atomic mass is 16.1. The summed E-state index contributed by atoms with van der Waals surface area (Å²) in [7, 11) is 0. The second-order valence-electron chi connectivity index (χ2n) is 4.09. The Morgan fingerprint density at radius 2 is 2.29 bits per heavy atom. The minimum atomic E-state index is -0.0231. The number of nitrogens with one attached hydrogen (secondary N) is 1. The van der Waals surface area contributed by atoms with Crippen LogP contribution >= 0.6 is 0 Å². The van der Waals surface area contributed by atoms with E-state index in [1.165, 1.54) is 0 Å². The summed E-state index contributed by atoms with van der Waals surface area (Å²) < 4.78 is 1.56. The molecule has 0 radical (unpaired) electrons. The molecule has 17 heavy (non-hydrogen) atoms. The van der Waals surface area contributed by atoms with Gasteiger partial charge in [0.25, 0.3) is 5.56 Å². The van der Waals surface area contributed by atoms with E-state index in [4.69, 9.17) is 0 Å². The zero-order chi connectivity index (χ0) is 11.7. The van der Waals surface area contributed by atoms with Gasteiger partial charge in [0.05, 0.1) is 5.69 Å². The number of fused-ring (bicyclic) bond motifs is 1. The molecule has 86 valence electrons. The van der Waals surface area contributed by atoms with Crippen LogP contribution < -0.4 is 10.9 Å². The molecule has 1 N–H and O–H groups in total. The van der Waals surface area contributed by atoms with Crippen molar-refractivity contribution in [3.05, 3.63) is 52.6 Å². The summed E-state index contributed by atoms with van der Waals surface area (Å²) in [6.07, 6.45) is 4.77. The fraction of sp³-hybridized carbons (Fsp3) is 0.231. The van der Waals surface area contributed by atoms with Gasteiger partial charge in [-0.2, -0.15) is 0 Å². The van der Waals surface area contributed by atoms with E-state index in [-0.39, 0.29) is 5.56 Å². The summed E-state index contributed by atoms with van der Waals surface area (Å²) in [5.74, 6) is 0. The van der Waals surface area contributed by atoms with E-state index in [2.05, 4.69) is 16.4 Å². The molecular weight excluding hydrogens is 214 g/mol. The number of hydrogen-bond acceptors (Lipinski definition) is 3. The number of rotatable bonds is 1. The lowest BCUT2D eigenvalue weighted by atomic mass is 10.1. The van der Waals surface area contributed by atoms with E-state index in [0.29, 0.717) is 5.65 Å². The fourth-order valence-corrected chi connectivity index (χ4v) is 2.07. The van der Waals surface area contributed by atoms with Gasteiger partial charge in [-0.15, -0.1) is 0 Å². The van der Waals surface area contributed by atoms with Gasteiger partial charge < -0.3 is 5.32 Å². The zero-order valence-corrected chi connectivity index (χ0v) is 9.39. The lowest BCUT2D eigenvalue weighted by Crippen LogP contribution is -2.21. The molecule has 0 unspecified atom stereocenters. The van der Waals surface area contributed by atoms with Crippen LogP contribution in [-0.4, -0.2) is 22.5 Å². The van der Waals surface area contributed by atoms with Crippen molar-refractivity contribution in [2.24, 2.45) is 0 Å². The maximum atomic E-state index is 11.9. The van der Waals surface area contributed by atoms with Gasteiger partial charge in [-0.1, -0.05) is 12.1 Å². The van der Waals surface area contributed by atoms with Gasteiger partial charge in [0.1, 0.15) is 5.65 Å². The third-order valence-electron chi connectivity index (χ3n) is 2.96. The Balaban J connectivity index is 2.18. The second kappa shape index (κ2) is 4.14. The third kappa shape index (κ3) is 1.87. The Kier molecular flexibility index (Phi) is 2.49. The first kappa shape index (κ1) is 10.2. The highest BCUT2D eigenvalue weighted by Crippen LogP contribution is 2.16. The molecule has 0 saturated carbocycles. The van der Waals surface area contributed by atoms with Crippen LogP contribution in [0.4, 0.5) is 0 Å². The van der Waals surface area contributed by atoms with Crippen molar-refractivity contribution in [2.45, 2.75) is 6.42 Å². The van der Waals surface area contributed by atoms with E-state index in [1.807, 2.05) is 18.2 Å². The third-order valence-corrected chi connectivity index (χ3v) is 2.96. The monoisotopic (exact) mass is 227 g/mol. The summed E-state index contributed by atoms with van der Waals surface area (Å²) >= 11 is 0. The standard InChI is InChI=1S/C13H13N3O/c17-13-9-11(10-4-6-14-7-5-10)15-12-3-1-2-8-16(12)13/h1-4,8-9,14H,5-7H2. The Labute approximate surface area is 98.6 Å². The molecule has 3 heterocycles. The van der Waals surface area contributed by atoms with E-state index in [9.17, 15) is 4.79 Å². The number of pyridine rings is 1. The maximum absolute atomic E-state index is 11.9. The molecule has 0 aliphatic carbocycles. The van der Waals surface area contributed by atoms with Gasteiger partial charge in [-0.25, -0.2) is 4.98 Å². The Morgan fingerprint density at radius 3 is 3.12 bits per heavy atom. The van der Waals surface area contributed by atoms with Crippen LogP contribution in [0.15, 0.2) is 41.3 Å². The van der Waals surface area contributed by atoms with Crippen molar-refractivity contribution in [1.82, 2.24) is 14.7 Å². The molecule has 0 amide bonds. The summed E-state index contributed by atoms with van der Waals surface area (Å²) in [5, 5.41) is 3.25. The van der Waals surface area contributed by atoms with Crippen molar-refractivity contribution in [3.63, 3.8) is 0 Å². The zero-order valence-electron chi connectivity index (χ0n) is 9.39. The molecule has 0 saturated heterocycles. The molecule has 3 rings (SSSR count). The van der Waals surface area contributed by atoms with Gasteiger partial charge in [-0.3, -0.25) is 9.20 Å². The Morgan fingerprint density at radius 1 is 1.35 bits per heavy atom. The Bertz CT molecular complexity index is 642. The fourth-order valence-electron chi connectivity index (χ4n) is 2.07. The summed E-state index contributed by atoms with van der Waals surface area (Å²) in [6.45, 7) is 1.80. The minimum Gasteiger partial charge on any atom is -0.313 e. The first-order valence-corrected chi connectivity index (χ1v) is 5.73. The smallest absolute Gasteiger partial charge is 0.258 e. The minimum absolute atomic E-state index is 0.0231. The number of nitrogens with zero attached hydrogens (tertiary/aromatic N) is 2. The molecule has 0 bridgehead atoms. The van der Waals surface area contributed by atoms with Gasteiger partial charge in [-0.05, 0) is 30.7 Å². The van der Waals surface area contributed by atoms with Crippen molar-refractivity contribution in [3.8, 4) is 0 Å². The molecule has 4 heteroatoms. The summed E-state index contributed by atoms with van der Waals surface area (Å²) in [5.41, 5.74) is 2.65. The van der Waals surface area contributed by atoms with Crippen LogP contribution in [0.25, 0.3) is 11.2 Å². The maximum Gasteiger partial charge on any atom is 0.258 e. The summed E-state index contributed by atoms with van der Waals surface area (Å²) in [4.78, 5) is 16.4. The van der Waals surface area contributed by atoms with Crippen LogP contribution in [0.5, 0.6) is 0 Å². The Hall–Kier alpha value is -1.94.